The monoisotopic (exact) mass is 417 g/mol. The Bertz CT molecular complexity index is 869. The minimum atomic E-state index is -0.538. The highest BCUT2D eigenvalue weighted by Gasteiger charge is 2.27. The lowest BCUT2D eigenvalue weighted by atomic mass is 10.1. The number of hydrogen-bond acceptors (Lipinski definition) is 6. The van der Waals surface area contributed by atoms with Crippen molar-refractivity contribution >= 4 is 23.4 Å². The van der Waals surface area contributed by atoms with Gasteiger partial charge in [-0.05, 0) is 44.5 Å². The van der Waals surface area contributed by atoms with Gasteiger partial charge in [0.1, 0.15) is 11.3 Å². The second-order valence-electron chi connectivity index (χ2n) is 6.86. The molecule has 0 spiro atoms. The number of carbonyl (C=O) groups excluding carboxylic acids is 1. The molecule has 0 bridgehead atoms. The molecule has 0 aromatic heterocycles. The van der Waals surface area contributed by atoms with Crippen LogP contribution in [0.25, 0.3) is 0 Å². The van der Waals surface area contributed by atoms with Crippen LogP contribution in [0, 0.1) is 10.1 Å². The molecule has 0 radical (unpaired) electrons. The lowest BCUT2D eigenvalue weighted by molar-refractivity contribution is -0.385. The highest BCUT2D eigenvalue weighted by atomic mass is 32.2. The molecule has 0 fully saturated rings. The van der Waals surface area contributed by atoms with Gasteiger partial charge in [-0.15, -0.1) is 11.8 Å². The molecule has 29 heavy (non-hydrogen) atoms. The third-order valence-electron chi connectivity index (χ3n) is 4.49. The van der Waals surface area contributed by atoms with E-state index in [1.165, 1.54) is 30.5 Å². The Morgan fingerprint density at radius 3 is 2.17 bits per heavy atom. The first-order valence-corrected chi connectivity index (χ1v) is 10.4. The third kappa shape index (κ3) is 5.71. The van der Waals surface area contributed by atoms with E-state index in [9.17, 15) is 14.9 Å². The summed E-state index contributed by atoms with van der Waals surface area (Å²) >= 11 is 1.38. The normalized spacial score (nSPS) is 10.8. The number of amides is 1. The first-order valence-electron chi connectivity index (χ1n) is 9.22. The van der Waals surface area contributed by atoms with Crippen molar-refractivity contribution in [1.29, 1.82) is 0 Å². The first kappa shape index (κ1) is 22.7. The van der Waals surface area contributed by atoms with Gasteiger partial charge in [-0.2, -0.15) is 0 Å². The Kier molecular flexibility index (Phi) is 8.04. The van der Waals surface area contributed by atoms with Crippen LogP contribution >= 0.6 is 11.8 Å². The van der Waals surface area contributed by atoms with Crippen LogP contribution < -0.4 is 4.74 Å². The smallest absolute Gasteiger partial charge is 0.285 e. The number of rotatable bonds is 9. The van der Waals surface area contributed by atoms with Gasteiger partial charge in [0.2, 0.25) is 0 Å². The summed E-state index contributed by atoms with van der Waals surface area (Å²) in [7, 11) is 5.48. The number of nitro groups is 1. The number of carbonyl (C=O) groups is 1. The SMILES string of the molecule is CCN(Cc1ccc(CN(C)C)cc1)C(=O)c1cc(SC)c(OC)cc1[N+](=O)[O-]. The third-order valence-corrected chi connectivity index (χ3v) is 5.25. The van der Waals surface area contributed by atoms with Crippen molar-refractivity contribution in [2.45, 2.75) is 24.9 Å². The lowest BCUT2D eigenvalue weighted by Gasteiger charge is -2.22. The fourth-order valence-corrected chi connectivity index (χ4v) is 3.60. The molecule has 0 aliphatic heterocycles. The summed E-state index contributed by atoms with van der Waals surface area (Å²) in [5.41, 5.74) is 1.99. The van der Waals surface area contributed by atoms with Gasteiger partial charge < -0.3 is 14.5 Å². The maximum absolute atomic E-state index is 13.2. The van der Waals surface area contributed by atoms with E-state index < -0.39 is 4.92 Å². The standard InChI is InChI=1S/C21H27N3O4S/c1-6-23(14-16-9-7-15(8-10-16)13-22(2)3)21(25)17-11-20(29-5)19(28-4)12-18(17)24(26)27/h7-12H,6,13-14H2,1-5H3. The molecule has 0 heterocycles. The summed E-state index contributed by atoms with van der Waals surface area (Å²) in [5, 5.41) is 11.6. The number of methoxy groups -OCH3 is 1. The number of benzene rings is 2. The second kappa shape index (κ2) is 10.3. The van der Waals surface area contributed by atoms with Gasteiger partial charge >= 0.3 is 0 Å². The van der Waals surface area contributed by atoms with Crippen molar-refractivity contribution < 1.29 is 14.5 Å². The molecule has 0 aliphatic carbocycles. The van der Waals surface area contributed by atoms with E-state index in [4.69, 9.17) is 4.74 Å². The number of nitro benzene ring substituents is 1. The summed E-state index contributed by atoms with van der Waals surface area (Å²) < 4.78 is 5.23. The van der Waals surface area contributed by atoms with Crippen molar-refractivity contribution in [3.8, 4) is 5.75 Å². The summed E-state index contributed by atoms with van der Waals surface area (Å²) in [6, 6.07) is 10.9. The van der Waals surface area contributed by atoms with Gasteiger partial charge in [0.05, 0.1) is 23.0 Å². The first-order chi connectivity index (χ1) is 13.8. The average Bonchev–Trinajstić information content (AvgIpc) is 2.71. The van der Waals surface area contributed by atoms with Gasteiger partial charge in [-0.25, -0.2) is 0 Å². The summed E-state index contributed by atoms with van der Waals surface area (Å²) in [6.07, 6.45) is 1.84. The number of thioether (sulfide) groups is 1. The fourth-order valence-electron chi connectivity index (χ4n) is 3.02. The zero-order valence-electron chi connectivity index (χ0n) is 17.5. The Labute approximate surface area is 175 Å². The number of hydrogen-bond donors (Lipinski definition) is 0. The zero-order chi connectivity index (χ0) is 21.6. The highest BCUT2D eigenvalue weighted by molar-refractivity contribution is 7.98. The maximum atomic E-state index is 13.2. The molecule has 0 atom stereocenters. The van der Waals surface area contributed by atoms with E-state index in [1.807, 2.05) is 51.5 Å². The van der Waals surface area contributed by atoms with Gasteiger partial charge in [-0.1, -0.05) is 24.3 Å². The van der Waals surface area contributed by atoms with E-state index in [2.05, 4.69) is 4.90 Å². The molecule has 2 rings (SSSR count). The van der Waals surface area contributed by atoms with Gasteiger partial charge in [0.15, 0.2) is 0 Å². The molecule has 1 amide bonds. The van der Waals surface area contributed by atoms with Crippen LogP contribution in [0.2, 0.25) is 0 Å². The minimum Gasteiger partial charge on any atom is -0.495 e. The molecule has 0 saturated carbocycles. The molecule has 2 aromatic carbocycles. The van der Waals surface area contributed by atoms with Crippen molar-refractivity contribution in [3.05, 3.63) is 63.2 Å². The van der Waals surface area contributed by atoms with E-state index in [0.29, 0.717) is 23.7 Å². The summed E-state index contributed by atoms with van der Waals surface area (Å²) in [6.45, 7) is 3.53. The van der Waals surface area contributed by atoms with Gasteiger partial charge in [-0.3, -0.25) is 14.9 Å². The molecule has 0 aliphatic rings. The van der Waals surface area contributed by atoms with Crippen molar-refractivity contribution in [3.63, 3.8) is 0 Å². The van der Waals surface area contributed by atoms with Crippen LogP contribution in [0.5, 0.6) is 5.75 Å². The lowest BCUT2D eigenvalue weighted by Crippen LogP contribution is -2.31. The molecule has 0 unspecified atom stereocenters. The van der Waals surface area contributed by atoms with Gasteiger partial charge in [0, 0.05) is 19.6 Å². The Morgan fingerprint density at radius 1 is 1.14 bits per heavy atom. The molecular weight excluding hydrogens is 390 g/mol. The molecule has 0 N–H and O–H groups in total. The van der Waals surface area contributed by atoms with Crippen LogP contribution in [0.3, 0.4) is 0 Å². The van der Waals surface area contributed by atoms with Crippen LogP contribution in [0.15, 0.2) is 41.3 Å². The van der Waals surface area contributed by atoms with Crippen LogP contribution in [-0.4, -0.2) is 54.6 Å². The zero-order valence-corrected chi connectivity index (χ0v) is 18.3. The predicted octanol–water partition coefficient (Wildman–Crippen LogP) is 4.05. The largest absolute Gasteiger partial charge is 0.495 e. The molecule has 156 valence electrons. The molecule has 0 saturated heterocycles. The number of ether oxygens (including phenoxy) is 1. The van der Waals surface area contributed by atoms with E-state index in [0.717, 1.165) is 12.1 Å². The minimum absolute atomic E-state index is 0.0752. The highest BCUT2D eigenvalue weighted by Crippen LogP contribution is 2.35. The van der Waals surface area contributed by atoms with Gasteiger partial charge in [0.25, 0.3) is 11.6 Å². The van der Waals surface area contributed by atoms with Crippen molar-refractivity contribution in [1.82, 2.24) is 9.80 Å². The molecule has 2 aromatic rings. The van der Waals surface area contributed by atoms with E-state index >= 15 is 0 Å². The van der Waals surface area contributed by atoms with Crippen LogP contribution in [0.1, 0.15) is 28.4 Å². The Hall–Kier alpha value is -2.58. The second-order valence-corrected chi connectivity index (χ2v) is 7.70. The van der Waals surface area contributed by atoms with Crippen LogP contribution in [0.4, 0.5) is 5.69 Å². The molecular formula is C21H27N3O4S. The fraction of sp³-hybridized carbons (Fsp3) is 0.381. The molecule has 8 heteroatoms. The van der Waals surface area contributed by atoms with E-state index in [1.54, 1.807) is 11.0 Å². The maximum Gasteiger partial charge on any atom is 0.285 e. The molecule has 7 nitrogen and oxygen atoms in total. The average molecular weight is 418 g/mol. The number of nitrogens with zero attached hydrogens (tertiary/aromatic N) is 3. The van der Waals surface area contributed by atoms with E-state index in [-0.39, 0.29) is 17.2 Å². The van der Waals surface area contributed by atoms with Crippen molar-refractivity contribution in [2.75, 3.05) is 34.0 Å². The van der Waals surface area contributed by atoms with Crippen LogP contribution in [-0.2, 0) is 13.1 Å². The Morgan fingerprint density at radius 2 is 1.72 bits per heavy atom. The topological polar surface area (TPSA) is 75.9 Å². The summed E-state index contributed by atoms with van der Waals surface area (Å²) in [4.78, 5) is 28.6. The predicted molar refractivity (Wildman–Crippen MR) is 116 cm³/mol. The summed E-state index contributed by atoms with van der Waals surface area (Å²) in [5.74, 6) is 0.0230. The quantitative estimate of drug-likeness (QED) is 0.348. The van der Waals surface area contributed by atoms with Crippen molar-refractivity contribution in [2.24, 2.45) is 0 Å². The Balaban J connectivity index is 2.32.